The highest BCUT2D eigenvalue weighted by atomic mass is 16.6. The van der Waals surface area contributed by atoms with E-state index < -0.39 is 171 Å². The van der Waals surface area contributed by atoms with Gasteiger partial charge in [0.1, 0.15) is 36.6 Å². The van der Waals surface area contributed by atoms with Crippen molar-refractivity contribution < 1.29 is 102 Å². The molecule has 0 saturated carbocycles. The SMILES string of the molecule is COCC1OC(C(=O)O)C(COCC2OC(C(=O)O)C(COCC3OC(C(=O)O)C(COC)C(OC(C)C(C)C(N)=O)C3O)C(O)C2O)C(O)C1OC(C)C(C)C(N)=O. The van der Waals surface area contributed by atoms with Gasteiger partial charge in [-0.05, 0) is 13.8 Å². The minimum absolute atomic E-state index is 0.184. The summed E-state index contributed by atoms with van der Waals surface area (Å²) in [7, 11) is 2.63. The van der Waals surface area contributed by atoms with Gasteiger partial charge in [0, 0.05) is 32.0 Å². The third-order valence-electron chi connectivity index (χ3n) is 11.2. The highest BCUT2D eigenvalue weighted by molar-refractivity contribution is 5.77. The van der Waals surface area contributed by atoms with Crippen molar-refractivity contribution in [1.29, 1.82) is 0 Å². The number of hydrogen-bond acceptors (Lipinski definition) is 18. The fraction of sp³-hybridized carbons (Fsp3) is 0.861. The molecule has 0 aromatic carbocycles. The molecule has 11 N–H and O–H groups in total. The van der Waals surface area contributed by atoms with Crippen LogP contribution in [0.4, 0.5) is 0 Å². The number of primary amides is 2. The summed E-state index contributed by atoms with van der Waals surface area (Å²) < 4.78 is 50.5. The van der Waals surface area contributed by atoms with Gasteiger partial charge in [0.05, 0.1) is 82.0 Å². The van der Waals surface area contributed by atoms with Crippen LogP contribution in [0.15, 0.2) is 0 Å². The van der Waals surface area contributed by atoms with Crippen LogP contribution in [-0.2, 0) is 66.6 Å². The second-order valence-electron chi connectivity index (χ2n) is 15.2. The molecule has 3 fully saturated rings. The van der Waals surface area contributed by atoms with Crippen LogP contribution in [0.5, 0.6) is 0 Å². The largest absolute Gasteiger partial charge is 0.479 e. The summed E-state index contributed by atoms with van der Waals surface area (Å²) in [6.07, 6.45) is -19.8. The predicted molar refractivity (Wildman–Crippen MR) is 194 cm³/mol. The molecule has 3 heterocycles. The number of hydrogen-bond donors (Lipinski definition) is 9. The molecule has 3 rings (SSSR count). The lowest BCUT2D eigenvalue weighted by Crippen LogP contribution is -2.62. The molecule has 0 aromatic rings. The standard InChI is InChI=1S/C36H60N2O21/c1-13(32(37)43)15(3)55-27-19(7-51-5)30(36(49)50)58-21(26(27)42)12-53-8-17-23(39)25(41)20(57-28(17)34(45)46)11-54-9-18-24(40)31(56-16(4)14(2)33(38)44)22(10-52-6)59-29(18)35(47)48/h13-31,39-42H,7-12H2,1-6H3,(H2,37,43)(H2,38,44)(H,45,46)(H,47,48)(H,49,50). The number of rotatable bonds is 23. The zero-order valence-electron chi connectivity index (χ0n) is 33.7. The van der Waals surface area contributed by atoms with Crippen molar-refractivity contribution in [3.63, 3.8) is 0 Å². The quantitative estimate of drug-likeness (QED) is 0.0472. The Bertz CT molecular complexity index is 1410. The van der Waals surface area contributed by atoms with E-state index in [1.807, 2.05) is 0 Å². The number of carbonyl (C=O) groups is 5. The van der Waals surface area contributed by atoms with Crippen LogP contribution < -0.4 is 11.5 Å². The van der Waals surface area contributed by atoms with Crippen molar-refractivity contribution in [2.75, 3.05) is 53.9 Å². The lowest BCUT2D eigenvalue weighted by Gasteiger charge is -2.45. The summed E-state index contributed by atoms with van der Waals surface area (Å²) in [6, 6.07) is 0. The zero-order chi connectivity index (χ0) is 44.5. The van der Waals surface area contributed by atoms with Crippen molar-refractivity contribution in [3.8, 4) is 0 Å². The van der Waals surface area contributed by atoms with Crippen LogP contribution in [0, 0.1) is 29.6 Å². The smallest absolute Gasteiger partial charge is 0.333 e. The van der Waals surface area contributed by atoms with E-state index in [2.05, 4.69) is 0 Å². The van der Waals surface area contributed by atoms with Crippen LogP contribution in [0.2, 0.25) is 0 Å². The van der Waals surface area contributed by atoms with E-state index in [0.717, 1.165) is 0 Å². The maximum Gasteiger partial charge on any atom is 0.333 e. The first kappa shape index (κ1) is 50.2. The molecule has 3 saturated heterocycles. The maximum absolute atomic E-state index is 12.4. The van der Waals surface area contributed by atoms with Crippen LogP contribution in [0.25, 0.3) is 0 Å². The summed E-state index contributed by atoms with van der Waals surface area (Å²) in [5.74, 6) is -11.2. The molecule has 340 valence electrons. The number of nitrogens with two attached hydrogens (primary N) is 2. The topological polar surface area (TPSA) is 362 Å². The van der Waals surface area contributed by atoms with Crippen molar-refractivity contribution in [1.82, 2.24) is 0 Å². The summed E-state index contributed by atoms with van der Waals surface area (Å²) in [5.41, 5.74) is 10.8. The molecule has 19 atom stereocenters. The summed E-state index contributed by atoms with van der Waals surface area (Å²) in [5, 5.41) is 74.6. The minimum Gasteiger partial charge on any atom is -0.479 e. The minimum atomic E-state index is -1.81. The Morgan fingerprint density at radius 2 is 0.898 bits per heavy atom. The predicted octanol–water partition coefficient (Wildman–Crippen LogP) is -4.05. The van der Waals surface area contributed by atoms with Gasteiger partial charge in [-0.3, -0.25) is 9.59 Å². The summed E-state index contributed by atoms with van der Waals surface area (Å²) in [4.78, 5) is 60.3. The van der Waals surface area contributed by atoms with E-state index in [1.54, 1.807) is 0 Å². The molecule has 0 spiro atoms. The van der Waals surface area contributed by atoms with Gasteiger partial charge in [-0.2, -0.15) is 0 Å². The van der Waals surface area contributed by atoms with Crippen molar-refractivity contribution >= 4 is 29.7 Å². The lowest BCUT2D eigenvalue weighted by atomic mass is 9.86. The molecule has 23 nitrogen and oxygen atoms in total. The van der Waals surface area contributed by atoms with Gasteiger partial charge < -0.3 is 89.8 Å². The molecule has 0 bridgehead atoms. The molecule has 59 heavy (non-hydrogen) atoms. The molecule has 19 unspecified atom stereocenters. The van der Waals surface area contributed by atoms with E-state index in [0.29, 0.717) is 0 Å². The molecule has 0 aromatic heterocycles. The van der Waals surface area contributed by atoms with Crippen LogP contribution in [0.1, 0.15) is 27.7 Å². The van der Waals surface area contributed by atoms with E-state index in [9.17, 15) is 59.7 Å². The van der Waals surface area contributed by atoms with Crippen LogP contribution in [0.3, 0.4) is 0 Å². The first-order chi connectivity index (χ1) is 27.7. The van der Waals surface area contributed by atoms with E-state index in [4.69, 9.17) is 54.1 Å². The Labute approximate surface area is 340 Å². The molecular weight excluding hydrogens is 796 g/mol. The van der Waals surface area contributed by atoms with Gasteiger partial charge in [0.25, 0.3) is 0 Å². The number of methoxy groups -OCH3 is 2. The Morgan fingerprint density at radius 1 is 0.508 bits per heavy atom. The van der Waals surface area contributed by atoms with Crippen molar-refractivity contribution in [2.24, 2.45) is 41.1 Å². The van der Waals surface area contributed by atoms with Gasteiger partial charge in [0.2, 0.25) is 11.8 Å². The average Bonchev–Trinajstić information content (AvgIpc) is 3.17. The molecular formula is C36H60N2O21. The van der Waals surface area contributed by atoms with Crippen LogP contribution >= 0.6 is 0 Å². The zero-order valence-corrected chi connectivity index (χ0v) is 33.7. The molecule has 3 aliphatic heterocycles. The Balaban J connectivity index is 1.70. The first-order valence-electron chi connectivity index (χ1n) is 19.1. The number of aliphatic hydroxyl groups is 4. The highest BCUT2D eigenvalue weighted by Crippen LogP contribution is 2.34. The Hall–Kier alpha value is -3.17. The second-order valence-corrected chi connectivity index (χ2v) is 15.2. The number of ether oxygens (including phenoxy) is 9. The fourth-order valence-electron chi connectivity index (χ4n) is 7.27. The number of amides is 2. The molecule has 2 amide bonds. The number of carboxylic acids is 3. The third kappa shape index (κ3) is 12.5. The number of aliphatic hydroxyl groups excluding tert-OH is 4. The van der Waals surface area contributed by atoms with Gasteiger partial charge in [-0.25, -0.2) is 14.4 Å². The Morgan fingerprint density at radius 3 is 1.32 bits per heavy atom. The van der Waals surface area contributed by atoms with Crippen molar-refractivity contribution in [3.05, 3.63) is 0 Å². The van der Waals surface area contributed by atoms with E-state index in [-0.39, 0.29) is 13.2 Å². The number of carbonyl (C=O) groups excluding carboxylic acids is 2. The normalized spacial score (nSPS) is 37.2. The van der Waals surface area contributed by atoms with E-state index >= 15 is 0 Å². The van der Waals surface area contributed by atoms with Crippen molar-refractivity contribution in [2.45, 2.75) is 113 Å². The third-order valence-corrected chi connectivity index (χ3v) is 11.2. The molecule has 23 heteroatoms. The molecule has 3 aliphatic rings. The lowest BCUT2D eigenvalue weighted by molar-refractivity contribution is -0.255. The average molecular weight is 857 g/mol. The van der Waals surface area contributed by atoms with Crippen LogP contribution in [-0.4, -0.2) is 205 Å². The fourth-order valence-corrected chi connectivity index (χ4v) is 7.27. The van der Waals surface area contributed by atoms with Gasteiger partial charge >= 0.3 is 17.9 Å². The first-order valence-corrected chi connectivity index (χ1v) is 19.1. The number of carboxylic acid groups (broad SMARTS) is 3. The molecule has 0 radical (unpaired) electrons. The summed E-state index contributed by atoms with van der Waals surface area (Å²) in [6.45, 7) is 3.38. The monoisotopic (exact) mass is 856 g/mol. The molecule has 0 aliphatic carbocycles. The maximum atomic E-state index is 12.4. The summed E-state index contributed by atoms with van der Waals surface area (Å²) >= 11 is 0. The van der Waals surface area contributed by atoms with Gasteiger partial charge in [-0.1, -0.05) is 13.8 Å². The second kappa shape index (κ2) is 22.6. The van der Waals surface area contributed by atoms with Gasteiger partial charge in [0.15, 0.2) is 18.3 Å². The van der Waals surface area contributed by atoms with E-state index in [1.165, 1.54) is 41.9 Å². The number of aliphatic carboxylic acids is 3. The highest BCUT2D eigenvalue weighted by Gasteiger charge is 2.53. The van der Waals surface area contributed by atoms with Gasteiger partial charge in [-0.15, -0.1) is 0 Å². The Kier molecular flexibility index (Phi) is 19.2.